The number of amides is 1. The molecular weight excluding hydrogens is 522 g/mol. The van der Waals surface area contributed by atoms with Crippen molar-refractivity contribution in [3.8, 4) is 5.75 Å². The number of rotatable bonds is 9. The van der Waals surface area contributed by atoms with Crippen LogP contribution in [0.1, 0.15) is 18.1 Å². The second kappa shape index (κ2) is 12.4. The van der Waals surface area contributed by atoms with Gasteiger partial charge in [-0.2, -0.15) is 0 Å². The van der Waals surface area contributed by atoms with Gasteiger partial charge in [-0.3, -0.25) is 9.69 Å². The Bertz CT molecular complexity index is 1260. The minimum absolute atomic E-state index is 0.168. The molecule has 1 aliphatic heterocycles. The number of aliphatic imine (C=N–C) groups is 1. The lowest BCUT2D eigenvalue weighted by atomic mass is 10.2. The molecule has 0 spiro atoms. The second-order valence-corrected chi connectivity index (χ2v) is 9.55. The summed E-state index contributed by atoms with van der Waals surface area (Å²) in [5, 5.41) is 1.19. The molecule has 0 unspecified atom stereocenters. The first-order chi connectivity index (χ1) is 17.4. The summed E-state index contributed by atoms with van der Waals surface area (Å²) in [5.74, 6) is -0.168. The van der Waals surface area contributed by atoms with E-state index in [9.17, 15) is 9.18 Å². The third-order valence-electron chi connectivity index (χ3n) is 5.15. The second-order valence-electron chi connectivity index (χ2n) is 7.72. The number of halogens is 3. The van der Waals surface area contributed by atoms with E-state index in [4.69, 9.17) is 32.7 Å². The predicted octanol–water partition coefficient (Wildman–Crippen LogP) is 7.35. The van der Waals surface area contributed by atoms with Gasteiger partial charge in [0.25, 0.3) is 5.91 Å². The highest BCUT2D eigenvalue weighted by atomic mass is 35.5. The van der Waals surface area contributed by atoms with Gasteiger partial charge in [-0.15, -0.1) is 0 Å². The van der Waals surface area contributed by atoms with E-state index in [-0.39, 0.29) is 18.3 Å². The highest BCUT2D eigenvalue weighted by Crippen LogP contribution is 2.38. The summed E-state index contributed by atoms with van der Waals surface area (Å²) >= 11 is 14.2. The van der Waals surface area contributed by atoms with E-state index in [0.717, 1.165) is 11.3 Å². The van der Waals surface area contributed by atoms with Crippen LogP contribution >= 0.6 is 35.0 Å². The average molecular weight is 545 g/mol. The zero-order chi connectivity index (χ0) is 25.5. The van der Waals surface area contributed by atoms with Gasteiger partial charge in [0, 0.05) is 6.61 Å². The van der Waals surface area contributed by atoms with Crippen LogP contribution in [-0.4, -0.2) is 35.7 Å². The number of nitrogens with zero attached hydrogens (tertiary/aromatic N) is 2. The quantitative estimate of drug-likeness (QED) is 0.208. The first-order valence-electron chi connectivity index (χ1n) is 11.2. The van der Waals surface area contributed by atoms with Crippen molar-refractivity contribution in [1.29, 1.82) is 0 Å². The third-order valence-corrected chi connectivity index (χ3v) is 6.72. The Morgan fingerprint density at radius 2 is 1.75 bits per heavy atom. The maximum Gasteiger partial charge on any atom is 0.266 e. The molecule has 3 aromatic carbocycles. The van der Waals surface area contributed by atoms with Crippen molar-refractivity contribution in [2.75, 3.05) is 19.8 Å². The van der Waals surface area contributed by atoms with Crippen molar-refractivity contribution in [1.82, 2.24) is 4.90 Å². The van der Waals surface area contributed by atoms with Crippen molar-refractivity contribution < 1.29 is 18.7 Å². The van der Waals surface area contributed by atoms with Gasteiger partial charge in [0.05, 0.1) is 33.8 Å². The number of para-hydroxylation sites is 1. The largest absolute Gasteiger partial charge is 0.486 e. The average Bonchev–Trinajstić information content (AvgIpc) is 3.14. The summed E-state index contributed by atoms with van der Waals surface area (Å²) in [4.78, 5) is 20.0. The van der Waals surface area contributed by atoms with Crippen LogP contribution in [0, 0.1) is 5.82 Å². The molecule has 0 atom stereocenters. The summed E-state index contributed by atoms with van der Waals surface area (Å²) in [6.07, 6.45) is 1.73. The molecule has 1 heterocycles. The fraction of sp³-hybridized carbons (Fsp3) is 0.185. The Kier molecular flexibility index (Phi) is 9.04. The van der Waals surface area contributed by atoms with Crippen LogP contribution in [0.5, 0.6) is 5.75 Å². The van der Waals surface area contributed by atoms with Crippen molar-refractivity contribution in [2.24, 2.45) is 4.99 Å². The van der Waals surface area contributed by atoms with E-state index in [1.165, 1.54) is 23.9 Å². The van der Waals surface area contributed by atoms with E-state index in [1.54, 1.807) is 35.2 Å². The lowest BCUT2D eigenvalue weighted by molar-refractivity contribution is -0.122. The number of ether oxygens (including phenoxy) is 2. The number of hydrogen-bond donors (Lipinski definition) is 0. The number of benzene rings is 3. The smallest absolute Gasteiger partial charge is 0.266 e. The fourth-order valence-electron chi connectivity index (χ4n) is 3.39. The maximum absolute atomic E-state index is 13.2. The van der Waals surface area contributed by atoms with Gasteiger partial charge in [0.2, 0.25) is 0 Å². The summed E-state index contributed by atoms with van der Waals surface area (Å²) in [6, 6.07) is 18.8. The molecule has 0 saturated carbocycles. The van der Waals surface area contributed by atoms with Crippen molar-refractivity contribution >= 4 is 57.8 Å². The first kappa shape index (κ1) is 26.2. The van der Waals surface area contributed by atoms with Crippen LogP contribution in [-0.2, 0) is 16.1 Å². The van der Waals surface area contributed by atoms with Crippen LogP contribution < -0.4 is 4.74 Å². The van der Waals surface area contributed by atoms with Crippen LogP contribution in [0.2, 0.25) is 10.0 Å². The summed E-state index contributed by atoms with van der Waals surface area (Å²) in [5.41, 5.74) is 2.19. The molecule has 186 valence electrons. The fourth-order valence-corrected chi connectivity index (χ4v) is 5.03. The van der Waals surface area contributed by atoms with Gasteiger partial charge in [-0.1, -0.05) is 53.5 Å². The highest BCUT2D eigenvalue weighted by molar-refractivity contribution is 8.18. The lowest BCUT2D eigenvalue weighted by Gasteiger charge is -2.15. The normalized spacial score (nSPS) is 15.8. The number of amidine groups is 1. The molecule has 36 heavy (non-hydrogen) atoms. The van der Waals surface area contributed by atoms with Gasteiger partial charge in [-0.05, 0) is 72.3 Å². The van der Waals surface area contributed by atoms with Gasteiger partial charge in [-0.25, -0.2) is 9.38 Å². The van der Waals surface area contributed by atoms with Gasteiger partial charge in [0.15, 0.2) is 10.9 Å². The molecule has 9 heteroatoms. The third kappa shape index (κ3) is 6.68. The molecule has 4 rings (SSSR count). The topological polar surface area (TPSA) is 51.1 Å². The van der Waals surface area contributed by atoms with Crippen LogP contribution in [0.25, 0.3) is 6.08 Å². The molecule has 1 aliphatic rings. The van der Waals surface area contributed by atoms with Crippen LogP contribution in [0.4, 0.5) is 10.1 Å². The minimum atomic E-state index is -0.319. The van der Waals surface area contributed by atoms with Gasteiger partial charge < -0.3 is 9.47 Å². The van der Waals surface area contributed by atoms with Crippen molar-refractivity contribution in [2.45, 2.75) is 13.5 Å². The number of carbonyl (C=O) groups excluding carboxylic acids is 1. The molecule has 0 radical (unpaired) electrons. The predicted molar refractivity (Wildman–Crippen MR) is 145 cm³/mol. The van der Waals surface area contributed by atoms with Crippen LogP contribution in [0.15, 0.2) is 76.6 Å². The standard InChI is InChI=1S/C27H23Cl2FN2O3S/c1-2-34-13-12-32-26(33)24(36-27(32)31-21-6-4-3-5-7-21)16-19-14-22(28)25(23(29)15-19)35-17-18-8-10-20(30)11-9-18/h3-11,14-16H,2,12-13,17H2,1H3/b24-16-,31-27?. The Balaban J connectivity index is 1.55. The van der Waals surface area contributed by atoms with E-state index in [2.05, 4.69) is 4.99 Å². The molecule has 0 N–H and O–H groups in total. The molecule has 5 nitrogen and oxygen atoms in total. The summed E-state index contributed by atoms with van der Waals surface area (Å²) in [7, 11) is 0. The Labute approximate surface area is 223 Å². The molecule has 1 saturated heterocycles. The number of carbonyl (C=O) groups is 1. The highest BCUT2D eigenvalue weighted by Gasteiger charge is 2.33. The monoisotopic (exact) mass is 544 g/mol. The lowest BCUT2D eigenvalue weighted by Crippen LogP contribution is -2.32. The minimum Gasteiger partial charge on any atom is -0.486 e. The van der Waals surface area contributed by atoms with E-state index >= 15 is 0 Å². The first-order valence-corrected chi connectivity index (χ1v) is 12.8. The Morgan fingerprint density at radius 1 is 1.06 bits per heavy atom. The molecule has 1 fully saturated rings. The zero-order valence-corrected chi connectivity index (χ0v) is 21.7. The molecular formula is C27H23Cl2FN2O3S. The molecule has 3 aromatic rings. The Hall–Kier alpha value is -2.84. The van der Waals surface area contributed by atoms with E-state index in [1.807, 2.05) is 37.3 Å². The van der Waals surface area contributed by atoms with Crippen molar-refractivity contribution in [3.05, 3.63) is 98.6 Å². The van der Waals surface area contributed by atoms with Crippen LogP contribution in [0.3, 0.4) is 0 Å². The molecule has 1 amide bonds. The molecule has 0 aromatic heterocycles. The molecule has 0 bridgehead atoms. The number of thioether (sulfide) groups is 1. The van der Waals surface area contributed by atoms with E-state index in [0.29, 0.717) is 51.2 Å². The van der Waals surface area contributed by atoms with Crippen molar-refractivity contribution in [3.63, 3.8) is 0 Å². The molecule has 0 aliphatic carbocycles. The summed E-state index contributed by atoms with van der Waals surface area (Å²) in [6.45, 7) is 3.45. The zero-order valence-electron chi connectivity index (χ0n) is 19.4. The summed E-state index contributed by atoms with van der Waals surface area (Å²) < 4.78 is 24.4. The van der Waals surface area contributed by atoms with E-state index < -0.39 is 0 Å². The number of hydrogen-bond acceptors (Lipinski definition) is 5. The van der Waals surface area contributed by atoms with Gasteiger partial charge >= 0.3 is 0 Å². The Morgan fingerprint density at radius 3 is 2.42 bits per heavy atom. The maximum atomic E-state index is 13.2. The van der Waals surface area contributed by atoms with Gasteiger partial charge in [0.1, 0.15) is 12.4 Å². The SMILES string of the molecule is CCOCCN1C(=O)/C(=C/c2cc(Cl)c(OCc3ccc(F)cc3)c(Cl)c2)SC1=Nc1ccccc1.